The van der Waals surface area contributed by atoms with Gasteiger partial charge in [-0.1, -0.05) is 34.1 Å². The first-order chi connectivity index (χ1) is 16.2. The number of aliphatic hydroxyl groups excluding tert-OH is 2. The number of fused-ring (bicyclic) bond motifs is 1. The van der Waals surface area contributed by atoms with E-state index >= 15 is 0 Å². The van der Waals surface area contributed by atoms with Crippen LogP contribution in [0.5, 0.6) is 0 Å². The van der Waals surface area contributed by atoms with Crippen LogP contribution in [0.25, 0.3) is 6.08 Å². The van der Waals surface area contributed by atoms with E-state index in [0.717, 1.165) is 35.5 Å². The molecule has 0 aliphatic carbocycles. The number of carbonyl (C=O) groups excluding carboxylic acids is 2. The Labute approximate surface area is 212 Å². The normalized spacial score (nSPS) is 37.5. The lowest BCUT2D eigenvalue weighted by atomic mass is 9.73. The first kappa shape index (κ1) is 28.0. The monoisotopic (exact) mass is 507 g/mol. The minimum atomic E-state index is -1.23. The average Bonchev–Trinajstić information content (AvgIpc) is 3.22. The third-order valence-corrected chi connectivity index (χ3v) is 8.72. The van der Waals surface area contributed by atoms with Gasteiger partial charge in [-0.05, 0) is 51.2 Å². The fraction of sp³-hybridized carbons (Fsp3) is 0.741. The molecular weight excluding hydrogens is 466 g/mol. The summed E-state index contributed by atoms with van der Waals surface area (Å²) in [5, 5.41) is 24.6. The molecule has 7 atom stereocenters. The fourth-order valence-corrected chi connectivity index (χ4v) is 5.64. The van der Waals surface area contributed by atoms with E-state index < -0.39 is 35.6 Å². The minimum Gasteiger partial charge on any atom is -0.458 e. The van der Waals surface area contributed by atoms with E-state index in [-0.39, 0.29) is 29.8 Å². The van der Waals surface area contributed by atoms with Gasteiger partial charge in [0.25, 0.3) is 0 Å². The Morgan fingerprint density at radius 1 is 1.23 bits per heavy atom. The van der Waals surface area contributed by atoms with Gasteiger partial charge in [0.2, 0.25) is 0 Å². The number of Topliss-reactive ketones (excluding diaryl/α,β-unsaturated/α-hetero) is 1. The van der Waals surface area contributed by atoms with E-state index in [9.17, 15) is 19.8 Å². The molecule has 0 bridgehead atoms. The molecule has 1 aromatic rings. The number of hydrogen-bond acceptors (Lipinski definition) is 8. The Bertz CT molecular complexity index is 955. The van der Waals surface area contributed by atoms with Crippen LogP contribution >= 0.6 is 11.3 Å². The number of rotatable bonds is 2. The fourth-order valence-electron chi connectivity index (χ4n) is 5.07. The van der Waals surface area contributed by atoms with Crippen molar-refractivity contribution in [1.82, 2.24) is 4.98 Å². The van der Waals surface area contributed by atoms with Crippen molar-refractivity contribution in [3.63, 3.8) is 0 Å². The Hall–Kier alpha value is -1.61. The molecule has 0 aromatic carbocycles. The Kier molecular flexibility index (Phi) is 8.62. The van der Waals surface area contributed by atoms with E-state index in [0.29, 0.717) is 6.42 Å². The van der Waals surface area contributed by atoms with Crippen molar-refractivity contribution in [3.05, 3.63) is 21.7 Å². The van der Waals surface area contributed by atoms with Crippen molar-refractivity contribution in [1.29, 1.82) is 0 Å². The lowest BCUT2D eigenvalue weighted by Gasteiger charge is -2.34. The quantitative estimate of drug-likeness (QED) is 0.449. The van der Waals surface area contributed by atoms with Crippen molar-refractivity contribution in [2.45, 2.75) is 111 Å². The van der Waals surface area contributed by atoms with Gasteiger partial charge < -0.3 is 19.7 Å². The Balaban J connectivity index is 1.85. The van der Waals surface area contributed by atoms with Gasteiger partial charge in [-0.25, -0.2) is 4.98 Å². The highest BCUT2D eigenvalue weighted by Crippen LogP contribution is 2.45. The smallest absolute Gasteiger partial charge is 0.309 e. The maximum Gasteiger partial charge on any atom is 0.309 e. The molecule has 35 heavy (non-hydrogen) atoms. The van der Waals surface area contributed by atoms with E-state index in [1.807, 2.05) is 32.2 Å². The average molecular weight is 508 g/mol. The number of aryl methyl sites for hydroxylation is 1. The number of cyclic esters (lactones) is 1. The van der Waals surface area contributed by atoms with Gasteiger partial charge in [-0.15, -0.1) is 11.3 Å². The number of carbonyl (C=O) groups is 2. The van der Waals surface area contributed by atoms with Crippen molar-refractivity contribution in [3.8, 4) is 0 Å². The zero-order valence-corrected chi connectivity index (χ0v) is 22.9. The predicted octanol–water partition coefficient (Wildman–Crippen LogP) is 4.48. The molecule has 8 heteroatoms. The standard InChI is InChI=1S/C27H41NO6S/c1-15-9-8-10-27(7)22(34-27)12-20(16(2)11-19-14-35-18(4)28-19)33-23(30)13-21(29)26(5,6)25(32)17(3)24(15)31/h11,14-15,17,20-22,24,29,31H,8-10,12-13H2,1-7H3/t15-,17+,20?,21-,22+,24-,27-/m0/s1. The molecule has 2 aliphatic rings. The van der Waals surface area contributed by atoms with Crippen molar-refractivity contribution < 1.29 is 29.3 Å². The molecule has 196 valence electrons. The highest BCUT2D eigenvalue weighted by Gasteiger charge is 2.53. The van der Waals surface area contributed by atoms with E-state index in [1.165, 1.54) is 0 Å². The summed E-state index contributed by atoms with van der Waals surface area (Å²) in [6.07, 6.45) is 1.98. The molecule has 1 aromatic heterocycles. The van der Waals surface area contributed by atoms with Crippen LogP contribution in [-0.4, -0.2) is 57.0 Å². The van der Waals surface area contributed by atoms with Crippen LogP contribution < -0.4 is 0 Å². The molecule has 2 N–H and O–H groups in total. The number of ketones is 1. The number of thiazole rings is 1. The molecule has 0 saturated carbocycles. The Morgan fingerprint density at radius 3 is 2.54 bits per heavy atom. The number of hydrogen-bond donors (Lipinski definition) is 2. The summed E-state index contributed by atoms with van der Waals surface area (Å²) >= 11 is 1.56. The molecule has 0 amide bonds. The number of epoxide rings is 1. The third-order valence-electron chi connectivity index (χ3n) is 7.93. The molecule has 1 unspecified atom stereocenters. The van der Waals surface area contributed by atoms with Gasteiger partial charge in [0.15, 0.2) is 0 Å². The summed E-state index contributed by atoms with van der Waals surface area (Å²) in [5.74, 6) is -1.55. The van der Waals surface area contributed by atoms with E-state index in [2.05, 4.69) is 11.9 Å². The predicted molar refractivity (Wildman–Crippen MR) is 136 cm³/mol. The molecule has 2 saturated heterocycles. The van der Waals surface area contributed by atoms with Gasteiger partial charge in [-0.2, -0.15) is 0 Å². The SMILES string of the molecule is CC(=Cc1csc(C)n1)C1C[C@H]2O[C@@]2(C)CCC[C@H](C)[C@H](O)[C@@H](C)C(=O)C(C)(C)[C@@H](O)CC(=O)O1. The molecule has 0 spiro atoms. The summed E-state index contributed by atoms with van der Waals surface area (Å²) in [4.78, 5) is 30.6. The van der Waals surface area contributed by atoms with Crippen LogP contribution in [0, 0.1) is 24.2 Å². The summed E-state index contributed by atoms with van der Waals surface area (Å²) < 4.78 is 11.9. The van der Waals surface area contributed by atoms with Crippen molar-refractivity contribution in [2.75, 3.05) is 0 Å². The second-order valence-electron chi connectivity index (χ2n) is 11.3. The summed E-state index contributed by atoms with van der Waals surface area (Å²) in [7, 11) is 0. The molecular formula is C27H41NO6S. The highest BCUT2D eigenvalue weighted by molar-refractivity contribution is 7.09. The van der Waals surface area contributed by atoms with Crippen molar-refractivity contribution in [2.24, 2.45) is 17.3 Å². The van der Waals surface area contributed by atoms with Gasteiger partial charge in [-0.3, -0.25) is 9.59 Å². The zero-order chi connectivity index (χ0) is 26.1. The lowest BCUT2D eigenvalue weighted by molar-refractivity contribution is -0.154. The maximum absolute atomic E-state index is 13.2. The first-order valence-corrected chi connectivity index (χ1v) is 13.5. The van der Waals surface area contributed by atoms with Gasteiger partial charge in [0.1, 0.15) is 11.9 Å². The van der Waals surface area contributed by atoms with Crippen LogP contribution in [0.2, 0.25) is 0 Å². The van der Waals surface area contributed by atoms with Crippen LogP contribution in [0.3, 0.4) is 0 Å². The largest absolute Gasteiger partial charge is 0.458 e. The summed E-state index contributed by atoms with van der Waals surface area (Å²) in [5.41, 5.74) is 0.179. The second-order valence-corrected chi connectivity index (χ2v) is 12.3. The van der Waals surface area contributed by atoms with Gasteiger partial charge >= 0.3 is 5.97 Å². The first-order valence-electron chi connectivity index (χ1n) is 12.6. The van der Waals surface area contributed by atoms with Crippen LogP contribution in [0.15, 0.2) is 11.0 Å². The van der Waals surface area contributed by atoms with E-state index in [1.54, 1.807) is 32.1 Å². The van der Waals surface area contributed by atoms with E-state index in [4.69, 9.17) is 9.47 Å². The molecule has 2 aliphatic heterocycles. The molecule has 2 fully saturated rings. The summed E-state index contributed by atoms with van der Waals surface area (Å²) in [6.45, 7) is 12.8. The number of ether oxygens (including phenoxy) is 2. The number of aromatic nitrogens is 1. The highest BCUT2D eigenvalue weighted by atomic mass is 32.1. The van der Waals surface area contributed by atoms with Crippen LogP contribution in [0.1, 0.15) is 84.3 Å². The minimum absolute atomic E-state index is 0.0455. The number of nitrogens with zero attached hydrogens (tertiary/aromatic N) is 1. The van der Waals surface area contributed by atoms with Gasteiger partial charge in [0.05, 0.1) is 46.5 Å². The zero-order valence-electron chi connectivity index (χ0n) is 22.0. The third kappa shape index (κ3) is 6.59. The maximum atomic E-state index is 13.2. The number of aliphatic hydroxyl groups is 2. The van der Waals surface area contributed by atoms with Gasteiger partial charge in [0, 0.05) is 17.7 Å². The molecule has 0 radical (unpaired) electrons. The summed E-state index contributed by atoms with van der Waals surface area (Å²) in [6, 6.07) is 0. The van der Waals surface area contributed by atoms with Crippen LogP contribution in [0.4, 0.5) is 0 Å². The number of esters is 1. The molecule has 7 nitrogen and oxygen atoms in total. The second kappa shape index (κ2) is 10.8. The lowest BCUT2D eigenvalue weighted by Crippen LogP contribution is -2.45. The topological polar surface area (TPSA) is 109 Å². The van der Waals surface area contributed by atoms with Crippen LogP contribution in [-0.2, 0) is 19.1 Å². The Morgan fingerprint density at radius 2 is 1.91 bits per heavy atom. The van der Waals surface area contributed by atoms with Crippen molar-refractivity contribution >= 4 is 29.2 Å². The molecule has 3 heterocycles. The molecule has 3 rings (SSSR count).